The van der Waals surface area contributed by atoms with Gasteiger partial charge in [-0.15, -0.1) is 0 Å². The van der Waals surface area contributed by atoms with Crippen LogP contribution in [-0.4, -0.2) is 45.5 Å². The monoisotopic (exact) mass is 373 g/mol. The van der Waals surface area contributed by atoms with E-state index in [0.29, 0.717) is 12.0 Å². The van der Waals surface area contributed by atoms with E-state index >= 15 is 0 Å². The Morgan fingerprint density at radius 3 is 2.88 bits per heavy atom. The van der Waals surface area contributed by atoms with E-state index in [1.165, 1.54) is 36.2 Å². The van der Waals surface area contributed by atoms with Gasteiger partial charge in [-0.3, -0.25) is 0 Å². The maximum atomic E-state index is 12.0. The summed E-state index contributed by atoms with van der Waals surface area (Å²) in [5, 5.41) is 1.06. The number of sulfonamides is 1. The van der Waals surface area contributed by atoms with Crippen LogP contribution in [0.2, 0.25) is 0 Å². The van der Waals surface area contributed by atoms with E-state index in [1.807, 2.05) is 12.3 Å². The van der Waals surface area contributed by atoms with E-state index in [9.17, 15) is 8.42 Å². The first-order valence-electron chi connectivity index (χ1n) is 9.16. The summed E-state index contributed by atoms with van der Waals surface area (Å²) in [6.07, 6.45) is 9.97. The molecule has 0 aliphatic heterocycles. The van der Waals surface area contributed by atoms with Gasteiger partial charge in [0.25, 0.3) is 0 Å². The number of hydrogen-bond acceptors (Lipinski definition) is 4. The molecule has 0 spiro atoms. The average Bonchev–Trinajstić information content (AvgIpc) is 3.34. The largest absolute Gasteiger partial charge is 0.346 e. The van der Waals surface area contributed by atoms with Gasteiger partial charge in [0, 0.05) is 24.7 Å². The number of nitrogens with zero attached hydrogens (tertiary/aromatic N) is 4. The first-order valence-corrected chi connectivity index (χ1v) is 11.0. The molecule has 3 heterocycles. The zero-order valence-corrected chi connectivity index (χ0v) is 15.8. The second-order valence-corrected chi connectivity index (χ2v) is 9.98. The summed E-state index contributed by atoms with van der Waals surface area (Å²) < 4.78 is 27.6. The summed E-state index contributed by atoms with van der Waals surface area (Å²) in [5.41, 5.74) is 2.78. The lowest BCUT2D eigenvalue weighted by Gasteiger charge is -2.27. The molecule has 0 amide bonds. The van der Waals surface area contributed by atoms with Gasteiger partial charge < -0.3 is 9.55 Å². The summed E-state index contributed by atoms with van der Waals surface area (Å²) in [6.45, 7) is 0.285. The number of hydrogen-bond donors (Lipinski definition) is 1. The molecule has 1 N–H and O–H groups in total. The molecule has 0 saturated heterocycles. The molecule has 5 rings (SSSR count). The molecule has 7 nitrogen and oxygen atoms in total. The zero-order chi connectivity index (χ0) is 18.1. The average molecular weight is 373 g/mol. The van der Waals surface area contributed by atoms with Crippen LogP contribution in [0.3, 0.4) is 0 Å². The number of pyridine rings is 1. The molecular weight excluding hydrogens is 350 g/mol. The van der Waals surface area contributed by atoms with Crippen molar-refractivity contribution in [2.75, 3.05) is 13.3 Å². The van der Waals surface area contributed by atoms with Crippen molar-refractivity contribution in [1.29, 1.82) is 0 Å². The normalized spacial score (nSPS) is 25.9. The Balaban J connectivity index is 1.72. The van der Waals surface area contributed by atoms with Crippen LogP contribution >= 0.6 is 0 Å². The van der Waals surface area contributed by atoms with Crippen LogP contribution in [0.1, 0.15) is 37.5 Å². The van der Waals surface area contributed by atoms with Crippen LogP contribution in [0, 0.1) is 11.8 Å². The van der Waals surface area contributed by atoms with Crippen molar-refractivity contribution < 1.29 is 8.42 Å². The van der Waals surface area contributed by atoms with Crippen molar-refractivity contribution >= 4 is 32.1 Å². The lowest BCUT2D eigenvalue weighted by atomic mass is 9.95. The summed E-state index contributed by atoms with van der Waals surface area (Å²) in [5.74, 6) is 2.29. The molecule has 3 unspecified atom stereocenters. The maximum absolute atomic E-state index is 12.0. The van der Waals surface area contributed by atoms with Crippen molar-refractivity contribution in [3.63, 3.8) is 0 Å². The topological polar surface area (TPSA) is 83.9 Å². The Hall–Kier alpha value is -1.93. The number of H-pyrrole nitrogens is 1. The third-order valence-corrected chi connectivity index (χ3v) is 7.53. The zero-order valence-electron chi connectivity index (χ0n) is 15.0. The first-order chi connectivity index (χ1) is 12.4. The molecule has 3 aromatic heterocycles. The van der Waals surface area contributed by atoms with Crippen molar-refractivity contribution in [2.24, 2.45) is 11.8 Å². The summed E-state index contributed by atoms with van der Waals surface area (Å²) in [7, 11) is -1.65. The highest BCUT2D eigenvalue weighted by molar-refractivity contribution is 7.88. The molecule has 3 atom stereocenters. The number of imidazole rings is 1. The van der Waals surface area contributed by atoms with Crippen LogP contribution in [0.4, 0.5) is 0 Å². The number of aromatic amines is 1. The molecule has 2 fully saturated rings. The predicted octanol–water partition coefficient (Wildman–Crippen LogP) is 2.67. The highest BCUT2D eigenvalue weighted by Gasteiger charge is 2.42. The van der Waals surface area contributed by atoms with Gasteiger partial charge >= 0.3 is 0 Å². The lowest BCUT2D eigenvalue weighted by Crippen LogP contribution is -2.28. The van der Waals surface area contributed by atoms with Crippen LogP contribution in [0.25, 0.3) is 22.1 Å². The Bertz CT molecular complexity index is 1100. The third-order valence-electron chi connectivity index (χ3n) is 6.27. The van der Waals surface area contributed by atoms with Crippen molar-refractivity contribution in [2.45, 2.75) is 38.3 Å². The molecule has 138 valence electrons. The second-order valence-electron chi connectivity index (χ2n) is 7.89. The fourth-order valence-electron chi connectivity index (χ4n) is 4.95. The fraction of sp³-hybridized carbons (Fsp3) is 0.556. The number of nitrogens with one attached hydrogen (secondary N) is 1. The van der Waals surface area contributed by atoms with Gasteiger partial charge in [0.05, 0.1) is 24.5 Å². The Labute approximate surface area is 152 Å². The molecule has 8 heteroatoms. The van der Waals surface area contributed by atoms with E-state index in [2.05, 4.69) is 14.5 Å². The number of fused-ring (bicyclic) bond motifs is 5. The Morgan fingerprint density at radius 1 is 1.35 bits per heavy atom. The highest BCUT2D eigenvalue weighted by atomic mass is 32.2. The van der Waals surface area contributed by atoms with Gasteiger partial charge in [-0.25, -0.2) is 18.4 Å². The molecule has 0 radical (unpaired) electrons. The summed E-state index contributed by atoms with van der Waals surface area (Å²) >= 11 is 0. The van der Waals surface area contributed by atoms with E-state index in [-0.39, 0.29) is 6.54 Å². The van der Waals surface area contributed by atoms with Gasteiger partial charge in [-0.05, 0) is 37.2 Å². The van der Waals surface area contributed by atoms with Gasteiger partial charge in [0.1, 0.15) is 17.0 Å². The van der Waals surface area contributed by atoms with Crippen molar-refractivity contribution in [3.8, 4) is 0 Å². The quantitative estimate of drug-likeness (QED) is 0.762. The van der Waals surface area contributed by atoms with E-state index in [0.717, 1.165) is 33.8 Å². The highest BCUT2D eigenvalue weighted by Crippen LogP contribution is 2.52. The van der Waals surface area contributed by atoms with E-state index in [1.54, 1.807) is 13.2 Å². The van der Waals surface area contributed by atoms with Crippen LogP contribution in [-0.2, 0) is 16.6 Å². The lowest BCUT2D eigenvalue weighted by molar-refractivity contribution is 0.321. The molecule has 0 aromatic carbocycles. The second kappa shape index (κ2) is 5.53. The molecular formula is C18H23N5O2S. The molecule has 2 aliphatic carbocycles. The number of rotatable bonds is 4. The van der Waals surface area contributed by atoms with Gasteiger partial charge in [-0.2, -0.15) is 4.31 Å². The van der Waals surface area contributed by atoms with Gasteiger partial charge in [-0.1, -0.05) is 6.42 Å². The molecule has 3 aromatic rings. The molecule has 2 aliphatic rings. The Kier molecular flexibility index (Phi) is 3.46. The third kappa shape index (κ3) is 2.39. The van der Waals surface area contributed by atoms with Gasteiger partial charge in [0.2, 0.25) is 10.0 Å². The van der Waals surface area contributed by atoms with Crippen molar-refractivity contribution in [3.05, 3.63) is 24.3 Å². The van der Waals surface area contributed by atoms with E-state index in [4.69, 9.17) is 4.98 Å². The maximum Gasteiger partial charge on any atom is 0.211 e. The van der Waals surface area contributed by atoms with E-state index < -0.39 is 10.0 Å². The summed E-state index contributed by atoms with van der Waals surface area (Å²) in [6, 6.07) is 2.45. The number of aromatic nitrogens is 4. The SMILES string of the molecule is CN(Cc1nc2cnc3[nH]ccc3c2n1C1CC2CCC1C2)S(C)(=O)=O. The van der Waals surface area contributed by atoms with Crippen LogP contribution in [0.5, 0.6) is 0 Å². The fourth-order valence-corrected chi connectivity index (χ4v) is 5.30. The van der Waals surface area contributed by atoms with Crippen LogP contribution < -0.4 is 0 Å². The van der Waals surface area contributed by atoms with Gasteiger partial charge in [0.15, 0.2) is 0 Å². The smallest absolute Gasteiger partial charge is 0.211 e. The minimum absolute atomic E-state index is 0.285. The minimum atomic E-state index is -3.26. The molecule has 2 bridgehead atoms. The summed E-state index contributed by atoms with van der Waals surface area (Å²) in [4.78, 5) is 12.4. The molecule has 2 saturated carbocycles. The van der Waals surface area contributed by atoms with Crippen molar-refractivity contribution in [1.82, 2.24) is 23.8 Å². The van der Waals surface area contributed by atoms with Crippen LogP contribution in [0.15, 0.2) is 18.5 Å². The predicted molar refractivity (Wildman–Crippen MR) is 100 cm³/mol. The first kappa shape index (κ1) is 16.3. The molecule has 26 heavy (non-hydrogen) atoms. The standard InChI is InChI=1S/C18H23N5O2S/c1-22(26(2,24)25)10-16-21-14-9-20-18-13(5-6-19-18)17(14)23(16)15-8-11-3-4-12(15)7-11/h5-6,9,11-12,15H,3-4,7-8,10H2,1-2H3,(H,19,20). The minimum Gasteiger partial charge on any atom is -0.346 e. The Morgan fingerprint density at radius 2 is 2.19 bits per heavy atom.